The lowest BCUT2D eigenvalue weighted by Crippen LogP contribution is -2.55. The third-order valence-electron chi connectivity index (χ3n) is 6.75. The molecule has 34 heavy (non-hydrogen) atoms. The Morgan fingerprint density at radius 3 is 2.47 bits per heavy atom. The van der Waals surface area contributed by atoms with Gasteiger partial charge in [0.15, 0.2) is 11.6 Å². The summed E-state index contributed by atoms with van der Waals surface area (Å²) in [6.07, 6.45) is 5.33. The van der Waals surface area contributed by atoms with Gasteiger partial charge < -0.3 is 15.0 Å². The van der Waals surface area contributed by atoms with Crippen LogP contribution in [0.3, 0.4) is 0 Å². The van der Waals surface area contributed by atoms with Crippen molar-refractivity contribution in [3.05, 3.63) is 71.9 Å². The molecule has 1 aromatic carbocycles. The molecule has 0 amide bonds. The van der Waals surface area contributed by atoms with Crippen molar-refractivity contribution in [3.8, 4) is 5.75 Å². The van der Waals surface area contributed by atoms with E-state index >= 15 is 0 Å². The highest BCUT2D eigenvalue weighted by atomic mass is 19.1. The monoisotopic (exact) mass is 464 g/mol. The number of anilines is 1. The fourth-order valence-electron chi connectivity index (χ4n) is 5.35. The second kappa shape index (κ2) is 10.1. The number of aromatic amines is 1. The second-order valence-corrected chi connectivity index (χ2v) is 9.49. The maximum Gasteiger partial charge on any atom is 0.165 e. The predicted octanol–water partition coefficient (Wildman–Crippen LogP) is 3.76. The number of hydrogen-bond acceptors (Lipinski definition) is 6. The molecule has 0 spiro atoms. The molecular weight excluding hydrogens is 431 g/mol. The van der Waals surface area contributed by atoms with Gasteiger partial charge in [0, 0.05) is 69.1 Å². The zero-order valence-corrected chi connectivity index (χ0v) is 19.8. The van der Waals surface area contributed by atoms with Crippen molar-refractivity contribution >= 4 is 5.82 Å². The van der Waals surface area contributed by atoms with E-state index in [0.29, 0.717) is 17.8 Å². The molecule has 7 nitrogen and oxygen atoms in total. The SMILES string of the molecule is C[C@@H]1CN(C(c2ccn[nH]2)c2cccnc2N2CCC(Oc3ccccc3F)CC2)C[C@H](C)N1. The molecule has 180 valence electrons. The van der Waals surface area contributed by atoms with E-state index < -0.39 is 0 Å². The Kier molecular flexibility index (Phi) is 6.78. The summed E-state index contributed by atoms with van der Waals surface area (Å²) < 4.78 is 20.0. The van der Waals surface area contributed by atoms with Gasteiger partial charge in [-0.2, -0.15) is 5.10 Å². The van der Waals surface area contributed by atoms with Crippen LogP contribution in [0.2, 0.25) is 0 Å². The number of halogens is 1. The van der Waals surface area contributed by atoms with Crippen molar-refractivity contribution in [3.63, 3.8) is 0 Å². The van der Waals surface area contributed by atoms with Crippen LogP contribution in [0.1, 0.15) is 44.0 Å². The minimum Gasteiger partial charge on any atom is -0.487 e. The van der Waals surface area contributed by atoms with E-state index in [4.69, 9.17) is 9.72 Å². The van der Waals surface area contributed by atoms with Gasteiger partial charge in [-0.3, -0.25) is 10.00 Å². The quantitative estimate of drug-likeness (QED) is 0.579. The molecular formula is C26H33FN6O. The topological polar surface area (TPSA) is 69.3 Å². The average molecular weight is 465 g/mol. The van der Waals surface area contributed by atoms with Crippen LogP contribution in [0.15, 0.2) is 54.9 Å². The Hall–Kier alpha value is -2.97. The maximum atomic E-state index is 14.0. The number of hydrogen-bond donors (Lipinski definition) is 2. The molecule has 2 aliphatic rings. The van der Waals surface area contributed by atoms with Gasteiger partial charge in [0.05, 0.1) is 11.7 Å². The third-order valence-corrected chi connectivity index (χ3v) is 6.75. The fourth-order valence-corrected chi connectivity index (χ4v) is 5.35. The Morgan fingerprint density at radius 2 is 1.76 bits per heavy atom. The largest absolute Gasteiger partial charge is 0.487 e. The summed E-state index contributed by atoms with van der Waals surface area (Å²) in [5, 5.41) is 11.1. The molecule has 5 rings (SSSR count). The molecule has 0 aliphatic carbocycles. The number of ether oxygens (including phenoxy) is 1. The van der Waals surface area contributed by atoms with Gasteiger partial charge in [0.2, 0.25) is 0 Å². The molecule has 2 fully saturated rings. The smallest absolute Gasteiger partial charge is 0.165 e. The van der Waals surface area contributed by atoms with Gasteiger partial charge in [0.1, 0.15) is 11.9 Å². The predicted molar refractivity (Wildman–Crippen MR) is 131 cm³/mol. The van der Waals surface area contributed by atoms with Crippen molar-refractivity contribution < 1.29 is 9.13 Å². The minimum atomic E-state index is -0.307. The number of pyridine rings is 1. The molecule has 2 aromatic heterocycles. The minimum absolute atomic E-state index is 0.00131. The zero-order valence-electron chi connectivity index (χ0n) is 19.8. The molecule has 1 unspecified atom stereocenters. The van der Waals surface area contributed by atoms with Gasteiger partial charge in [-0.1, -0.05) is 18.2 Å². The molecule has 3 aromatic rings. The van der Waals surface area contributed by atoms with Crippen LogP contribution in [0.5, 0.6) is 5.75 Å². The summed E-state index contributed by atoms with van der Waals surface area (Å²) >= 11 is 0. The van der Waals surface area contributed by atoms with E-state index in [1.54, 1.807) is 18.2 Å². The molecule has 2 N–H and O–H groups in total. The summed E-state index contributed by atoms with van der Waals surface area (Å²) in [5.41, 5.74) is 2.26. The molecule has 2 aliphatic heterocycles. The first kappa shape index (κ1) is 22.8. The van der Waals surface area contributed by atoms with E-state index in [-0.39, 0.29) is 18.0 Å². The van der Waals surface area contributed by atoms with Crippen LogP contribution >= 0.6 is 0 Å². The Labute approximate surface area is 200 Å². The summed E-state index contributed by atoms with van der Waals surface area (Å²) in [7, 11) is 0. The first-order valence-electron chi connectivity index (χ1n) is 12.2. The zero-order chi connectivity index (χ0) is 23.5. The number of benzene rings is 1. The van der Waals surface area contributed by atoms with Crippen molar-refractivity contribution in [1.82, 2.24) is 25.4 Å². The molecule has 0 saturated carbocycles. The Balaban J connectivity index is 1.37. The number of piperazine rings is 1. The van der Waals surface area contributed by atoms with Crippen molar-refractivity contribution in [1.29, 1.82) is 0 Å². The number of aromatic nitrogens is 3. The molecule has 0 bridgehead atoms. The number of nitrogens with zero attached hydrogens (tertiary/aromatic N) is 4. The average Bonchev–Trinajstić information content (AvgIpc) is 3.36. The standard InChI is InChI=1S/C26H33FN6O/c1-18-16-33(17-19(2)30-18)25(23-9-13-29-31-23)21-6-5-12-28-26(21)32-14-10-20(11-15-32)34-24-8-4-3-7-22(24)27/h3-9,12-13,18-20,25,30H,10-11,14-17H2,1-2H3,(H,29,31)/t18-,19+,25?. The molecule has 8 heteroatoms. The second-order valence-electron chi connectivity index (χ2n) is 9.49. The summed E-state index contributed by atoms with van der Waals surface area (Å²) in [6, 6.07) is 13.8. The van der Waals surface area contributed by atoms with E-state index in [1.807, 2.05) is 18.5 Å². The first-order chi connectivity index (χ1) is 16.6. The highest BCUT2D eigenvalue weighted by Gasteiger charge is 2.33. The van der Waals surface area contributed by atoms with Crippen LogP contribution in [-0.4, -0.2) is 64.4 Å². The van der Waals surface area contributed by atoms with Crippen LogP contribution in [0.25, 0.3) is 0 Å². The Morgan fingerprint density at radius 1 is 1.00 bits per heavy atom. The highest BCUT2D eigenvalue weighted by molar-refractivity contribution is 5.51. The number of nitrogens with one attached hydrogen (secondary N) is 2. The first-order valence-corrected chi connectivity index (χ1v) is 12.2. The van der Waals surface area contributed by atoms with E-state index in [0.717, 1.165) is 50.5 Å². The lowest BCUT2D eigenvalue weighted by atomic mass is 9.98. The van der Waals surface area contributed by atoms with Crippen LogP contribution in [0.4, 0.5) is 10.2 Å². The van der Waals surface area contributed by atoms with E-state index in [1.165, 1.54) is 11.6 Å². The number of piperidine rings is 1. The highest BCUT2D eigenvalue weighted by Crippen LogP contribution is 2.35. The molecule has 4 heterocycles. The van der Waals surface area contributed by atoms with E-state index in [9.17, 15) is 4.39 Å². The number of H-pyrrole nitrogens is 1. The lowest BCUT2D eigenvalue weighted by molar-refractivity contribution is 0.138. The van der Waals surface area contributed by atoms with Crippen LogP contribution < -0.4 is 15.0 Å². The lowest BCUT2D eigenvalue weighted by Gasteiger charge is -2.42. The van der Waals surface area contributed by atoms with Gasteiger partial charge >= 0.3 is 0 Å². The summed E-state index contributed by atoms with van der Waals surface area (Å²) in [5.74, 6) is 1.03. The van der Waals surface area contributed by atoms with Crippen molar-refractivity contribution in [2.24, 2.45) is 0 Å². The number of rotatable bonds is 6. The van der Waals surface area contributed by atoms with Crippen LogP contribution in [-0.2, 0) is 0 Å². The van der Waals surface area contributed by atoms with Crippen molar-refractivity contribution in [2.45, 2.75) is 50.9 Å². The molecule has 0 radical (unpaired) electrons. The molecule has 3 atom stereocenters. The van der Waals surface area contributed by atoms with Gasteiger partial charge in [-0.05, 0) is 38.1 Å². The Bertz CT molecular complexity index is 1060. The normalized spacial score (nSPS) is 23.1. The van der Waals surface area contributed by atoms with Gasteiger partial charge in [0.25, 0.3) is 0 Å². The van der Waals surface area contributed by atoms with Crippen molar-refractivity contribution in [2.75, 3.05) is 31.1 Å². The maximum absolute atomic E-state index is 14.0. The fraction of sp³-hybridized carbons (Fsp3) is 0.462. The van der Waals surface area contributed by atoms with Crippen LogP contribution in [0, 0.1) is 5.82 Å². The third kappa shape index (κ3) is 4.93. The molecule has 2 saturated heterocycles. The number of para-hydroxylation sites is 1. The van der Waals surface area contributed by atoms with Gasteiger partial charge in [-0.15, -0.1) is 0 Å². The van der Waals surface area contributed by atoms with E-state index in [2.05, 4.69) is 51.3 Å². The van der Waals surface area contributed by atoms with Gasteiger partial charge in [-0.25, -0.2) is 9.37 Å². The summed E-state index contributed by atoms with van der Waals surface area (Å²) in [4.78, 5) is 9.70. The summed E-state index contributed by atoms with van der Waals surface area (Å²) in [6.45, 7) is 7.98.